The topological polar surface area (TPSA) is 20.2 Å². The van der Waals surface area contributed by atoms with Crippen molar-refractivity contribution in [3.05, 3.63) is 34.3 Å². The largest absolute Gasteiger partial charge is 0.389 e. The summed E-state index contributed by atoms with van der Waals surface area (Å²) in [6.07, 6.45) is 5.21. The summed E-state index contributed by atoms with van der Waals surface area (Å²) in [5, 5.41) is 10.7. The molecular formula is C14H19BrO. The van der Waals surface area contributed by atoms with E-state index < -0.39 is 5.60 Å². The fraction of sp³-hybridized carbons (Fsp3) is 0.571. The zero-order chi connectivity index (χ0) is 11.6. The van der Waals surface area contributed by atoms with Gasteiger partial charge in [-0.1, -0.05) is 47.8 Å². The molecule has 2 atom stereocenters. The molecule has 1 aromatic carbocycles. The molecule has 2 heteroatoms. The molecule has 0 spiro atoms. The molecule has 0 aromatic heterocycles. The van der Waals surface area contributed by atoms with Crippen LogP contribution in [-0.2, 0) is 6.42 Å². The molecule has 1 saturated carbocycles. The summed E-state index contributed by atoms with van der Waals surface area (Å²) in [6, 6.07) is 8.31. The second-order valence-electron chi connectivity index (χ2n) is 4.90. The zero-order valence-electron chi connectivity index (χ0n) is 9.75. The maximum absolute atomic E-state index is 10.7. The van der Waals surface area contributed by atoms with Gasteiger partial charge in [-0.3, -0.25) is 0 Å². The smallest absolute Gasteiger partial charge is 0.0715 e. The van der Waals surface area contributed by atoms with Crippen LogP contribution in [0.1, 0.15) is 38.2 Å². The lowest BCUT2D eigenvalue weighted by Crippen LogP contribution is -2.35. The highest BCUT2D eigenvalue weighted by atomic mass is 79.9. The van der Waals surface area contributed by atoms with E-state index in [1.807, 2.05) is 0 Å². The third kappa shape index (κ3) is 2.49. The van der Waals surface area contributed by atoms with Gasteiger partial charge in [-0.2, -0.15) is 0 Å². The van der Waals surface area contributed by atoms with E-state index in [-0.39, 0.29) is 0 Å². The normalized spacial score (nSPS) is 29.6. The van der Waals surface area contributed by atoms with Crippen molar-refractivity contribution in [3.8, 4) is 0 Å². The lowest BCUT2D eigenvalue weighted by atomic mass is 9.83. The van der Waals surface area contributed by atoms with Gasteiger partial charge in [0, 0.05) is 10.9 Å². The van der Waals surface area contributed by atoms with E-state index in [0.717, 1.165) is 23.7 Å². The first kappa shape index (κ1) is 12.1. The average Bonchev–Trinajstić information content (AvgIpc) is 2.63. The summed E-state index contributed by atoms with van der Waals surface area (Å²) in [6.45, 7) is 2.18. The van der Waals surface area contributed by atoms with Crippen LogP contribution in [0, 0.1) is 5.92 Å². The molecule has 1 fully saturated rings. The first-order chi connectivity index (χ1) is 7.64. The van der Waals surface area contributed by atoms with Crippen LogP contribution in [-0.4, -0.2) is 10.7 Å². The Morgan fingerprint density at radius 3 is 2.69 bits per heavy atom. The Morgan fingerprint density at radius 1 is 1.38 bits per heavy atom. The second-order valence-corrected chi connectivity index (χ2v) is 5.82. The highest BCUT2D eigenvalue weighted by molar-refractivity contribution is 9.10. The van der Waals surface area contributed by atoms with Crippen LogP contribution in [0.2, 0.25) is 0 Å². The van der Waals surface area contributed by atoms with Crippen LogP contribution in [0.5, 0.6) is 0 Å². The third-order valence-corrected chi connectivity index (χ3v) is 4.37. The number of hydrogen-bond acceptors (Lipinski definition) is 1. The Balaban J connectivity index is 2.11. The summed E-state index contributed by atoms with van der Waals surface area (Å²) in [5.41, 5.74) is 0.786. The number of aliphatic hydroxyl groups is 1. The van der Waals surface area contributed by atoms with Crippen LogP contribution < -0.4 is 0 Å². The molecule has 0 aliphatic heterocycles. The van der Waals surface area contributed by atoms with Crippen LogP contribution in [0.4, 0.5) is 0 Å². The molecule has 1 aliphatic rings. The van der Waals surface area contributed by atoms with Crippen LogP contribution in [0.3, 0.4) is 0 Å². The molecule has 88 valence electrons. The van der Waals surface area contributed by atoms with E-state index in [0.29, 0.717) is 5.92 Å². The summed E-state index contributed by atoms with van der Waals surface area (Å²) in [4.78, 5) is 0. The fourth-order valence-corrected chi connectivity index (χ4v) is 3.16. The van der Waals surface area contributed by atoms with Gasteiger partial charge in [0.1, 0.15) is 0 Å². The van der Waals surface area contributed by atoms with Crippen molar-refractivity contribution in [2.24, 2.45) is 5.92 Å². The lowest BCUT2D eigenvalue weighted by Gasteiger charge is -2.29. The molecule has 0 heterocycles. The van der Waals surface area contributed by atoms with Crippen molar-refractivity contribution in [3.63, 3.8) is 0 Å². The molecule has 0 radical (unpaired) electrons. The van der Waals surface area contributed by atoms with Crippen molar-refractivity contribution in [2.75, 3.05) is 0 Å². The van der Waals surface area contributed by atoms with Crippen molar-refractivity contribution in [1.82, 2.24) is 0 Å². The number of benzene rings is 1. The first-order valence-electron chi connectivity index (χ1n) is 6.11. The van der Waals surface area contributed by atoms with Gasteiger partial charge in [0.25, 0.3) is 0 Å². The van der Waals surface area contributed by atoms with Crippen molar-refractivity contribution in [1.29, 1.82) is 0 Å². The van der Waals surface area contributed by atoms with Gasteiger partial charge in [-0.15, -0.1) is 0 Å². The molecule has 1 aromatic rings. The fourth-order valence-electron chi connectivity index (χ4n) is 2.90. The molecule has 0 bridgehead atoms. The number of hydrogen-bond donors (Lipinski definition) is 1. The van der Waals surface area contributed by atoms with Gasteiger partial charge in [0.15, 0.2) is 0 Å². The van der Waals surface area contributed by atoms with Crippen LogP contribution in [0.25, 0.3) is 0 Å². The van der Waals surface area contributed by atoms with Crippen molar-refractivity contribution >= 4 is 15.9 Å². The highest BCUT2D eigenvalue weighted by Gasteiger charge is 2.39. The van der Waals surface area contributed by atoms with Crippen molar-refractivity contribution < 1.29 is 5.11 Å². The van der Waals surface area contributed by atoms with Crippen LogP contribution >= 0.6 is 15.9 Å². The van der Waals surface area contributed by atoms with E-state index in [4.69, 9.17) is 0 Å². The quantitative estimate of drug-likeness (QED) is 0.891. The molecule has 16 heavy (non-hydrogen) atoms. The maximum Gasteiger partial charge on any atom is 0.0715 e. The molecule has 0 amide bonds. The monoisotopic (exact) mass is 282 g/mol. The molecular weight excluding hydrogens is 264 g/mol. The molecule has 1 nitrogen and oxygen atoms in total. The Bertz CT molecular complexity index is 346. The van der Waals surface area contributed by atoms with Gasteiger partial charge in [-0.25, -0.2) is 0 Å². The van der Waals surface area contributed by atoms with Gasteiger partial charge in [0.05, 0.1) is 5.60 Å². The second kappa shape index (κ2) is 4.89. The summed E-state index contributed by atoms with van der Waals surface area (Å²) < 4.78 is 1.10. The Hall–Kier alpha value is -0.340. The predicted octanol–water partition coefficient (Wildman–Crippen LogP) is 3.93. The van der Waals surface area contributed by atoms with Gasteiger partial charge < -0.3 is 5.11 Å². The van der Waals surface area contributed by atoms with E-state index in [1.54, 1.807) is 0 Å². The third-order valence-electron chi connectivity index (χ3n) is 3.84. The minimum Gasteiger partial charge on any atom is -0.389 e. The molecule has 2 unspecified atom stereocenters. The predicted molar refractivity (Wildman–Crippen MR) is 70.4 cm³/mol. The molecule has 0 saturated heterocycles. The SMILES string of the molecule is CCC1CCCC1(O)Cc1ccc(Br)cc1. The molecule has 1 N–H and O–H groups in total. The number of rotatable bonds is 3. The summed E-state index contributed by atoms with van der Waals surface area (Å²) >= 11 is 3.43. The van der Waals surface area contributed by atoms with Crippen LogP contribution in [0.15, 0.2) is 28.7 Å². The zero-order valence-corrected chi connectivity index (χ0v) is 11.3. The van der Waals surface area contributed by atoms with Gasteiger partial charge in [0.2, 0.25) is 0 Å². The standard InChI is InChI=1S/C14H19BrO/c1-2-12-4-3-9-14(12,16)10-11-5-7-13(15)8-6-11/h5-8,12,16H,2-4,9-10H2,1H3. The average molecular weight is 283 g/mol. The minimum absolute atomic E-state index is 0.456. The lowest BCUT2D eigenvalue weighted by molar-refractivity contribution is 0.00147. The van der Waals surface area contributed by atoms with E-state index in [9.17, 15) is 5.11 Å². The Kier molecular flexibility index (Phi) is 3.70. The van der Waals surface area contributed by atoms with E-state index >= 15 is 0 Å². The Labute approximate surface area is 106 Å². The summed E-state index contributed by atoms with van der Waals surface area (Å²) in [5.74, 6) is 0.483. The van der Waals surface area contributed by atoms with E-state index in [1.165, 1.54) is 18.4 Å². The Morgan fingerprint density at radius 2 is 2.06 bits per heavy atom. The highest BCUT2D eigenvalue weighted by Crippen LogP contribution is 2.40. The van der Waals surface area contributed by atoms with Gasteiger partial charge in [-0.05, 0) is 36.5 Å². The number of halogens is 1. The van der Waals surface area contributed by atoms with E-state index in [2.05, 4.69) is 47.1 Å². The van der Waals surface area contributed by atoms with Crippen molar-refractivity contribution in [2.45, 2.75) is 44.6 Å². The molecule has 1 aliphatic carbocycles. The summed E-state index contributed by atoms with van der Waals surface area (Å²) in [7, 11) is 0. The molecule has 2 rings (SSSR count). The van der Waals surface area contributed by atoms with Gasteiger partial charge >= 0.3 is 0 Å². The maximum atomic E-state index is 10.7. The minimum atomic E-state index is -0.456. The first-order valence-corrected chi connectivity index (χ1v) is 6.90.